The van der Waals surface area contributed by atoms with Crippen LogP contribution in [0.2, 0.25) is 0 Å². The molecule has 114 valence electrons. The van der Waals surface area contributed by atoms with Crippen molar-refractivity contribution in [3.05, 3.63) is 63.7 Å². The summed E-state index contributed by atoms with van der Waals surface area (Å²) >= 11 is 0. The highest BCUT2D eigenvalue weighted by Crippen LogP contribution is 2.19. The van der Waals surface area contributed by atoms with Crippen LogP contribution in [0, 0.1) is 0 Å². The van der Waals surface area contributed by atoms with E-state index in [9.17, 15) is 14.7 Å². The van der Waals surface area contributed by atoms with E-state index < -0.39 is 18.0 Å². The van der Waals surface area contributed by atoms with Crippen LogP contribution in [0.4, 0.5) is 0 Å². The van der Waals surface area contributed by atoms with Gasteiger partial charge in [-0.25, -0.2) is 4.79 Å². The SMILES string of the molecule is C/C(=C\c1ccccc1O)C(=O)Oc1coc(CO)cc1=O. The first kappa shape index (κ1) is 15.5. The van der Waals surface area contributed by atoms with E-state index in [1.54, 1.807) is 18.2 Å². The van der Waals surface area contributed by atoms with E-state index in [0.717, 1.165) is 12.3 Å². The number of aliphatic hydroxyl groups is 1. The predicted molar refractivity (Wildman–Crippen MR) is 78.3 cm³/mol. The summed E-state index contributed by atoms with van der Waals surface area (Å²) in [6, 6.07) is 7.55. The fourth-order valence-electron chi connectivity index (χ4n) is 1.68. The smallest absolute Gasteiger partial charge is 0.339 e. The van der Waals surface area contributed by atoms with Crippen LogP contribution in [0.3, 0.4) is 0 Å². The lowest BCUT2D eigenvalue weighted by Crippen LogP contribution is -2.15. The van der Waals surface area contributed by atoms with E-state index >= 15 is 0 Å². The second-order valence-corrected chi connectivity index (χ2v) is 4.51. The van der Waals surface area contributed by atoms with Gasteiger partial charge in [-0.1, -0.05) is 18.2 Å². The molecule has 0 aliphatic carbocycles. The van der Waals surface area contributed by atoms with Crippen LogP contribution in [0.1, 0.15) is 18.2 Å². The van der Waals surface area contributed by atoms with Crippen LogP contribution < -0.4 is 10.2 Å². The van der Waals surface area contributed by atoms with Crippen LogP contribution in [-0.2, 0) is 11.4 Å². The minimum Gasteiger partial charge on any atom is -0.507 e. The van der Waals surface area contributed by atoms with E-state index in [-0.39, 0.29) is 22.8 Å². The average Bonchev–Trinajstić information content (AvgIpc) is 2.51. The molecule has 1 aromatic heterocycles. The average molecular weight is 302 g/mol. The van der Waals surface area contributed by atoms with Gasteiger partial charge in [0.05, 0.1) is 0 Å². The molecule has 6 heteroatoms. The Hall–Kier alpha value is -2.86. The van der Waals surface area contributed by atoms with E-state index in [0.29, 0.717) is 5.56 Å². The van der Waals surface area contributed by atoms with Crippen molar-refractivity contribution in [1.82, 2.24) is 0 Å². The fourth-order valence-corrected chi connectivity index (χ4v) is 1.68. The molecule has 0 atom stereocenters. The summed E-state index contributed by atoms with van der Waals surface area (Å²) in [5.74, 6) is -0.910. The number of hydrogen-bond acceptors (Lipinski definition) is 6. The molecule has 0 bridgehead atoms. The first-order chi connectivity index (χ1) is 10.5. The van der Waals surface area contributed by atoms with Crippen molar-refractivity contribution >= 4 is 12.0 Å². The Balaban J connectivity index is 2.19. The summed E-state index contributed by atoms with van der Waals surface area (Å²) in [4.78, 5) is 23.6. The quantitative estimate of drug-likeness (QED) is 0.661. The number of aromatic hydroxyl groups is 1. The van der Waals surface area contributed by atoms with Crippen LogP contribution in [0.5, 0.6) is 11.5 Å². The van der Waals surface area contributed by atoms with Gasteiger partial charge in [0.1, 0.15) is 24.4 Å². The molecule has 0 aliphatic rings. The third-order valence-corrected chi connectivity index (χ3v) is 2.84. The highest BCUT2D eigenvalue weighted by molar-refractivity contribution is 5.94. The topological polar surface area (TPSA) is 97.0 Å². The van der Waals surface area contributed by atoms with Crippen LogP contribution in [0.15, 0.2) is 51.4 Å². The number of esters is 1. The summed E-state index contributed by atoms with van der Waals surface area (Å²) < 4.78 is 9.86. The van der Waals surface area contributed by atoms with Crippen molar-refractivity contribution in [2.24, 2.45) is 0 Å². The Bertz CT molecular complexity index is 772. The number of carbonyl (C=O) groups excluding carboxylic acids is 1. The van der Waals surface area contributed by atoms with Crippen LogP contribution in [-0.4, -0.2) is 16.2 Å². The summed E-state index contributed by atoms with van der Waals surface area (Å²) in [7, 11) is 0. The fraction of sp³-hybridized carbons (Fsp3) is 0.125. The molecule has 22 heavy (non-hydrogen) atoms. The first-order valence-corrected chi connectivity index (χ1v) is 6.42. The second-order valence-electron chi connectivity index (χ2n) is 4.51. The van der Waals surface area contributed by atoms with Gasteiger partial charge in [-0.3, -0.25) is 4.79 Å². The second kappa shape index (κ2) is 6.73. The third-order valence-electron chi connectivity index (χ3n) is 2.84. The van der Waals surface area contributed by atoms with Gasteiger partial charge in [0.2, 0.25) is 11.2 Å². The van der Waals surface area contributed by atoms with Crippen molar-refractivity contribution < 1.29 is 24.2 Å². The van der Waals surface area contributed by atoms with Gasteiger partial charge in [0.25, 0.3) is 0 Å². The number of carbonyl (C=O) groups is 1. The number of rotatable bonds is 4. The number of benzene rings is 1. The van der Waals surface area contributed by atoms with E-state index in [2.05, 4.69) is 0 Å². The molecule has 0 saturated carbocycles. The van der Waals surface area contributed by atoms with Crippen molar-refractivity contribution in [3.8, 4) is 11.5 Å². The predicted octanol–water partition coefficient (Wildman–Crippen LogP) is 1.85. The number of ether oxygens (including phenoxy) is 1. The molecule has 1 aromatic carbocycles. The number of para-hydroxylation sites is 1. The number of aliphatic hydroxyl groups excluding tert-OH is 1. The van der Waals surface area contributed by atoms with Crippen molar-refractivity contribution in [3.63, 3.8) is 0 Å². The Morgan fingerprint density at radius 1 is 1.36 bits per heavy atom. The summed E-state index contributed by atoms with van der Waals surface area (Å²) in [6.07, 6.45) is 2.42. The van der Waals surface area contributed by atoms with E-state index in [1.807, 2.05) is 0 Å². The van der Waals surface area contributed by atoms with Gasteiger partial charge in [0.15, 0.2) is 0 Å². The monoisotopic (exact) mass is 302 g/mol. The molecular weight excluding hydrogens is 288 g/mol. The van der Waals surface area contributed by atoms with Gasteiger partial charge >= 0.3 is 5.97 Å². The molecule has 0 unspecified atom stereocenters. The Labute approximate surface area is 125 Å². The Morgan fingerprint density at radius 2 is 2.09 bits per heavy atom. The number of hydrogen-bond donors (Lipinski definition) is 2. The summed E-state index contributed by atoms with van der Waals surface area (Å²) in [5, 5.41) is 18.5. The normalized spacial score (nSPS) is 11.3. The van der Waals surface area contributed by atoms with Gasteiger partial charge in [-0.05, 0) is 19.1 Å². The maximum atomic E-state index is 11.9. The van der Waals surface area contributed by atoms with Crippen molar-refractivity contribution in [2.45, 2.75) is 13.5 Å². The molecule has 0 aliphatic heterocycles. The third kappa shape index (κ3) is 3.62. The van der Waals surface area contributed by atoms with E-state index in [1.165, 1.54) is 19.1 Å². The van der Waals surface area contributed by atoms with Crippen LogP contribution in [0.25, 0.3) is 6.08 Å². The maximum Gasteiger partial charge on any atom is 0.339 e. The molecule has 2 aromatic rings. The summed E-state index contributed by atoms with van der Waals surface area (Å²) in [5.41, 5.74) is 0.0887. The molecule has 6 nitrogen and oxygen atoms in total. The highest BCUT2D eigenvalue weighted by atomic mass is 16.5. The standard InChI is InChI=1S/C16H14O6/c1-10(6-11-4-2-3-5-13(11)18)16(20)22-15-9-21-12(8-17)7-14(15)19/h2-7,9,17-18H,8H2,1H3/b10-6+. The van der Waals surface area contributed by atoms with Gasteiger partial charge < -0.3 is 19.4 Å². The van der Waals surface area contributed by atoms with Gasteiger partial charge in [-0.2, -0.15) is 0 Å². The highest BCUT2D eigenvalue weighted by Gasteiger charge is 2.12. The lowest BCUT2D eigenvalue weighted by atomic mass is 10.1. The molecule has 2 rings (SSSR count). The van der Waals surface area contributed by atoms with E-state index in [4.69, 9.17) is 14.3 Å². The lowest BCUT2D eigenvalue weighted by Gasteiger charge is -2.04. The minimum absolute atomic E-state index is 0.0291. The summed E-state index contributed by atoms with van der Waals surface area (Å²) in [6.45, 7) is 1.08. The first-order valence-electron chi connectivity index (χ1n) is 6.42. The Kier molecular flexibility index (Phi) is 4.75. The zero-order valence-corrected chi connectivity index (χ0v) is 11.8. The molecule has 0 saturated heterocycles. The van der Waals surface area contributed by atoms with Crippen molar-refractivity contribution in [2.75, 3.05) is 0 Å². The zero-order chi connectivity index (χ0) is 16.1. The molecule has 2 N–H and O–H groups in total. The van der Waals surface area contributed by atoms with Gasteiger partial charge in [-0.15, -0.1) is 0 Å². The lowest BCUT2D eigenvalue weighted by molar-refractivity contribution is -0.130. The van der Waals surface area contributed by atoms with Crippen molar-refractivity contribution in [1.29, 1.82) is 0 Å². The zero-order valence-electron chi connectivity index (χ0n) is 11.8. The molecule has 1 heterocycles. The molecule has 0 amide bonds. The van der Waals surface area contributed by atoms with Crippen LogP contribution >= 0.6 is 0 Å². The number of phenolic OH excluding ortho intramolecular Hbond substituents is 1. The molecule has 0 radical (unpaired) electrons. The minimum atomic E-state index is -0.743. The Morgan fingerprint density at radius 3 is 2.73 bits per heavy atom. The number of phenols is 1. The maximum absolute atomic E-state index is 11.9. The van der Waals surface area contributed by atoms with Gasteiger partial charge in [0, 0.05) is 17.2 Å². The largest absolute Gasteiger partial charge is 0.507 e. The molecular formula is C16H14O6. The molecule has 0 spiro atoms. The molecule has 0 fully saturated rings.